The molecular formula is C63H104N4O4Zn+2. The van der Waals surface area contributed by atoms with Crippen LogP contribution in [0.2, 0.25) is 0 Å². The third-order valence-electron chi connectivity index (χ3n) is 14.3. The van der Waals surface area contributed by atoms with Gasteiger partial charge >= 0.3 is 31.4 Å². The summed E-state index contributed by atoms with van der Waals surface area (Å²) in [7, 11) is 0. The van der Waals surface area contributed by atoms with Gasteiger partial charge in [-0.15, -0.1) is 0 Å². The topological polar surface area (TPSA) is 84.9 Å². The molecule has 0 saturated carbocycles. The fourth-order valence-electron chi connectivity index (χ4n) is 9.92. The van der Waals surface area contributed by atoms with Crippen LogP contribution in [0, 0.1) is 11.8 Å². The Kier molecular flexibility index (Phi) is 40.8. The zero-order valence-corrected chi connectivity index (χ0v) is 49.8. The van der Waals surface area contributed by atoms with Gasteiger partial charge in [-0.2, -0.15) is 0 Å². The Bertz CT molecular complexity index is 1600. The Labute approximate surface area is 454 Å². The van der Waals surface area contributed by atoms with Crippen LogP contribution in [0.25, 0.3) is 0 Å². The molecule has 2 atom stereocenters. The van der Waals surface area contributed by atoms with Crippen molar-refractivity contribution in [1.82, 2.24) is 14.9 Å². The Hall–Kier alpha value is -3.16. The number of pyridine rings is 2. The Balaban J connectivity index is 0.0000178. The molecule has 0 fully saturated rings. The number of aromatic nitrogens is 2. The van der Waals surface area contributed by atoms with Gasteiger partial charge in [0.25, 0.3) is 0 Å². The number of unbranched alkanes of at least 4 members (excludes halogenated alkanes) is 22. The molecule has 8 nitrogen and oxygen atoms in total. The molecule has 9 heteroatoms. The summed E-state index contributed by atoms with van der Waals surface area (Å²) < 4.78 is 11.9. The molecule has 72 heavy (non-hydrogen) atoms. The number of benzene rings is 1. The molecule has 3 rings (SSSR count). The van der Waals surface area contributed by atoms with E-state index in [2.05, 4.69) is 96.0 Å². The molecule has 2 heterocycles. The second-order valence-electron chi connectivity index (χ2n) is 20.8. The minimum Gasteiger partial charge on any atom is -0.465 e. The van der Waals surface area contributed by atoms with Gasteiger partial charge in [0.2, 0.25) is 0 Å². The van der Waals surface area contributed by atoms with Gasteiger partial charge in [0.15, 0.2) is 0 Å². The van der Waals surface area contributed by atoms with Crippen LogP contribution in [0.3, 0.4) is 0 Å². The molecule has 0 amide bonds. The van der Waals surface area contributed by atoms with Crippen molar-refractivity contribution >= 4 is 17.6 Å². The second-order valence-corrected chi connectivity index (χ2v) is 20.8. The first-order valence-electron chi connectivity index (χ1n) is 29.7. The van der Waals surface area contributed by atoms with Crippen molar-refractivity contribution in [2.24, 2.45) is 11.8 Å². The number of nitrogens with zero attached hydrogens (tertiary/aromatic N) is 4. The summed E-state index contributed by atoms with van der Waals surface area (Å²) in [5.41, 5.74) is 4.66. The summed E-state index contributed by atoms with van der Waals surface area (Å²) in [5, 5.41) is 0. The average molecular weight is 1050 g/mol. The van der Waals surface area contributed by atoms with E-state index in [0.717, 1.165) is 147 Å². The third kappa shape index (κ3) is 32.2. The molecule has 0 radical (unpaired) electrons. The van der Waals surface area contributed by atoms with Crippen LogP contribution >= 0.6 is 0 Å². The van der Waals surface area contributed by atoms with E-state index in [1.807, 2.05) is 24.5 Å². The first-order chi connectivity index (χ1) is 35.0. The molecule has 0 aliphatic heterocycles. The number of anilines is 1. The predicted octanol–water partition coefficient (Wildman–Crippen LogP) is 17.4. The van der Waals surface area contributed by atoms with Crippen molar-refractivity contribution in [2.45, 2.75) is 253 Å². The van der Waals surface area contributed by atoms with Gasteiger partial charge in [-0.3, -0.25) is 24.5 Å². The molecule has 2 unspecified atom stereocenters. The zero-order chi connectivity index (χ0) is 50.7. The zero-order valence-electron chi connectivity index (χ0n) is 46.8. The van der Waals surface area contributed by atoms with E-state index in [4.69, 9.17) is 9.47 Å². The number of carbonyl (C=O) groups is 2. The molecule has 0 N–H and O–H groups in total. The quantitative estimate of drug-likeness (QED) is 0.0314. The fraction of sp³-hybridized carbons (Fsp3) is 0.714. The normalized spacial score (nSPS) is 12.1. The molecule has 2 aromatic heterocycles. The van der Waals surface area contributed by atoms with E-state index >= 15 is 0 Å². The maximum atomic E-state index is 13.3. The van der Waals surface area contributed by atoms with Crippen molar-refractivity contribution in [2.75, 3.05) is 31.2 Å². The standard InChI is InChI=1S/C63H104N4O4.Zn/c1-5-9-13-17-19-27-41-57(39-25-15-11-7-3)62(68)70-50-35-23-21-33-48-67(49-34-22-24-36-51-71-63(69)58(40-26-16-12-8-4)42-28-20-18-14-10-6-2)61-45-37-38-56(52-61)53-66(54-59-43-29-31-46-64-59)55-60-44-30-32-47-65-60;/h29-32,37-38,43-47,52,57-58H,5-28,33-36,39-42,48-51,53-55H2,1-4H3;/q;+2. The van der Waals surface area contributed by atoms with Crippen molar-refractivity contribution in [3.8, 4) is 0 Å². The number of rotatable bonds is 47. The van der Waals surface area contributed by atoms with Gasteiger partial charge in [-0.25, -0.2) is 0 Å². The molecule has 0 aliphatic carbocycles. The molecule has 0 spiro atoms. The van der Waals surface area contributed by atoms with Crippen molar-refractivity contribution in [3.05, 3.63) is 90.0 Å². The van der Waals surface area contributed by atoms with Crippen molar-refractivity contribution in [3.63, 3.8) is 0 Å². The first-order valence-corrected chi connectivity index (χ1v) is 29.7. The van der Waals surface area contributed by atoms with E-state index in [-0.39, 0.29) is 43.3 Å². The van der Waals surface area contributed by atoms with E-state index < -0.39 is 0 Å². The summed E-state index contributed by atoms with van der Waals surface area (Å²) >= 11 is 0. The minimum absolute atomic E-state index is 0. The van der Waals surface area contributed by atoms with Gasteiger partial charge in [-0.05, 0) is 106 Å². The maximum absolute atomic E-state index is 13.3. The molecular weight excluding hydrogens is 942 g/mol. The number of carbonyl (C=O) groups excluding carboxylic acids is 2. The van der Waals surface area contributed by atoms with Crippen molar-refractivity contribution in [1.29, 1.82) is 0 Å². The SMILES string of the molecule is CCCCCCCCC(CCCCCC)C(=O)OCCCCCCN(CCCCCCOC(=O)C(CCCCCC)CCCCCCCC)c1cccc(CN(Cc2ccccn2)Cc2ccccn2)c1.[Zn+2]. The Morgan fingerprint density at radius 1 is 0.444 bits per heavy atom. The second kappa shape index (κ2) is 45.3. The van der Waals surface area contributed by atoms with Crippen LogP contribution < -0.4 is 4.90 Å². The third-order valence-corrected chi connectivity index (χ3v) is 14.3. The van der Waals surface area contributed by atoms with Crippen LogP contribution in [0.5, 0.6) is 0 Å². The summed E-state index contributed by atoms with van der Waals surface area (Å²) in [6.45, 7) is 14.3. The number of esters is 2. The van der Waals surface area contributed by atoms with Gasteiger partial charge in [0, 0.05) is 50.8 Å². The number of hydrogen-bond acceptors (Lipinski definition) is 8. The Morgan fingerprint density at radius 2 is 0.833 bits per heavy atom. The maximum Gasteiger partial charge on any atom is 2.00 e. The van der Waals surface area contributed by atoms with Gasteiger partial charge in [0.05, 0.1) is 36.4 Å². The van der Waals surface area contributed by atoms with Crippen LogP contribution in [-0.4, -0.2) is 53.1 Å². The summed E-state index contributed by atoms with van der Waals surface area (Å²) in [4.78, 5) is 40.9. The van der Waals surface area contributed by atoms with E-state index in [1.165, 1.54) is 114 Å². The van der Waals surface area contributed by atoms with Crippen molar-refractivity contribution < 1.29 is 38.5 Å². The van der Waals surface area contributed by atoms with E-state index in [1.54, 1.807) is 0 Å². The van der Waals surface area contributed by atoms with Gasteiger partial charge in [0.1, 0.15) is 0 Å². The fourth-order valence-corrected chi connectivity index (χ4v) is 9.92. The van der Waals surface area contributed by atoms with Gasteiger partial charge < -0.3 is 14.4 Å². The summed E-state index contributed by atoms with van der Waals surface area (Å²) in [6, 6.07) is 21.4. The van der Waals surface area contributed by atoms with E-state index in [0.29, 0.717) is 13.2 Å². The Morgan fingerprint density at radius 3 is 1.25 bits per heavy atom. The van der Waals surface area contributed by atoms with Crippen LogP contribution in [0.15, 0.2) is 73.1 Å². The molecule has 0 aliphatic rings. The van der Waals surface area contributed by atoms with Gasteiger partial charge in [-0.1, -0.05) is 193 Å². The number of ether oxygens (including phenoxy) is 2. The summed E-state index contributed by atoms with van der Waals surface area (Å²) in [5.74, 6) is 0.213. The number of hydrogen-bond donors (Lipinski definition) is 0. The molecule has 400 valence electrons. The monoisotopic (exact) mass is 1040 g/mol. The van der Waals surface area contributed by atoms with Crippen LogP contribution in [0.1, 0.15) is 250 Å². The molecule has 0 bridgehead atoms. The molecule has 0 saturated heterocycles. The van der Waals surface area contributed by atoms with E-state index in [9.17, 15) is 9.59 Å². The summed E-state index contributed by atoms with van der Waals surface area (Å²) in [6.07, 6.45) is 40.7. The van der Waals surface area contributed by atoms with Crippen LogP contribution in [0.4, 0.5) is 5.69 Å². The molecule has 1 aromatic carbocycles. The molecule has 3 aromatic rings. The predicted molar refractivity (Wildman–Crippen MR) is 299 cm³/mol. The first kappa shape index (κ1) is 65.0. The average Bonchev–Trinajstić information content (AvgIpc) is 3.38. The smallest absolute Gasteiger partial charge is 0.465 e. The largest absolute Gasteiger partial charge is 2.00 e. The minimum atomic E-state index is 0. The van der Waals surface area contributed by atoms with Crippen LogP contribution in [-0.2, 0) is 58.2 Å².